The van der Waals surface area contributed by atoms with Crippen molar-refractivity contribution in [3.63, 3.8) is 0 Å². The predicted molar refractivity (Wildman–Crippen MR) is 212 cm³/mol. The summed E-state index contributed by atoms with van der Waals surface area (Å²) < 4.78 is 2.47. The first-order valence-corrected chi connectivity index (χ1v) is 17.5. The molecule has 1 nitrogen and oxygen atoms in total. The zero-order chi connectivity index (χ0) is 33.4. The Hall–Kier alpha value is -6.18. The van der Waals surface area contributed by atoms with Crippen LogP contribution in [0.2, 0.25) is 0 Å². The molecule has 0 fully saturated rings. The van der Waals surface area contributed by atoms with Gasteiger partial charge in [0.05, 0.1) is 11.0 Å². The van der Waals surface area contributed by atoms with E-state index in [0.29, 0.717) is 0 Å². The highest BCUT2D eigenvalue weighted by atomic mass is 15.0. The van der Waals surface area contributed by atoms with Crippen molar-refractivity contribution >= 4 is 32.6 Å². The molecule has 0 unspecified atom stereocenters. The lowest BCUT2D eigenvalue weighted by atomic mass is 9.81. The molecule has 10 rings (SSSR count). The Kier molecular flexibility index (Phi) is 6.29. The van der Waals surface area contributed by atoms with E-state index in [0.717, 1.165) is 0 Å². The van der Waals surface area contributed by atoms with Crippen molar-refractivity contribution in [1.82, 2.24) is 4.57 Å². The van der Waals surface area contributed by atoms with Crippen molar-refractivity contribution in [1.29, 1.82) is 0 Å². The summed E-state index contributed by atoms with van der Waals surface area (Å²) in [5.41, 5.74) is 16.4. The number of rotatable bonds is 4. The first kappa shape index (κ1) is 28.8. The van der Waals surface area contributed by atoms with E-state index < -0.39 is 0 Å². The second-order valence-electron chi connectivity index (χ2n) is 14.2. The molecule has 9 aromatic rings. The third-order valence-corrected chi connectivity index (χ3v) is 11.0. The van der Waals surface area contributed by atoms with E-state index in [-0.39, 0.29) is 5.41 Å². The van der Waals surface area contributed by atoms with E-state index in [1.54, 1.807) is 0 Å². The average molecular weight is 638 g/mol. The van der Waals surface area contributed by atoms with Gasteiger partial charge in [0.25, 0.3) is 0 Å². The summed E-state index contributed by atoms with van der Waals surface area (Å²) in [7, 11) is 0. The quantitative estimate of drug-likeness (QED) is 0.181. The van der Waals surface area contributed by atoms with Crippen molar-refractivity contribution in [3.8, 4) is 50.2 Å². The molecule has 0 saturated carbocycles. The van der Waals surface area contributed by atoms with Crippen molar-refractivity contribution in [2.75, 3.05) is 0 Å². The summed E-state index contributed by atoms with van der Waals surface area (Å²) in [4.78, 5) is 0. The molecule has 0 amide bonds. The van der Waals surface area contributed by atoms with Crippen LogP contribution in [0.25, 0.3) is 82.8 Å². The summed E-state index contributed by atoms with van der Waals surface area (Å²) in [6.07, 6.45) is 0. The number of hydrogen-bond donors (Lipinski definition) is 0. The zero-order valence-electron chi connectivity index (χ0n) is 28.2. The minimum Gasteiger partial charge on any atom is -0.309 e. The summed E-state index contributed by atoms with van der Waals surface area (Å²) >= 11 is 0. The lowest BCUT2D eigenvalue weighted by molar-refractivity contribution is 0.660. The van der Waals surface area contributed by atoms with Crippen molar-refractivity contribution < 1.29 is 0 Å². The molecule has 50 heavy (non-hydrogen) atoms. The van der Waals surface area contributed by atoms with Crippen LogP contribution in [0.15, 0.2) is 176 Å². The zero-order valence-corrected chi connectivity index (χ0v) is 28.2. The van der Waals surface area contributed by atoms with Gasteiger partial charge in [0.15, 0.2) is 0 Å². The highest BCUT2D eigenvalue weighted by Gasteiger charge is 2.36. The molecule has 8 aromatic carbocycles. The molecule has 0 spiro atoms. The van der Waals surface area contributed by atoms with Gasteiger partial charge in [-0.3, -0.25) is 0 Å². The van der Waals surface area contributed by atoms with Gasteiger partial charge in [0, 0.05) is 21.9 Å². The number of fused-ring (bicyclic) bond motifs is 7. The van der Waals surface area contributed by atoms with E-state index in [1.807, 2.05) is 0 Å². The van der Waals surface area contributed by atoms with Crippen LogP contribution >= 0.6 is 0 Å². The Balaban J connectivity index is 1.13. The molecular weight excluding hydrogens is 603 g/mol. The lowest BCUT2D eigenvalue weighted by Crippen LogP contribution is -2.15. The SMILES string of the molecule is CC1(C)c2cc(-c3ccc4ccccc4c3)ccc2-c2ccc(-n3c4ccc(-c5ccccc5)cc4c4cc(-c5ccccc5)ccc43)cc21. The van der Waals surface area contributed by atoms with Crippen LogP contribution in [-0.4, -0.2) is 4.57 Å². The summed E-state index contributed by atoms with van der Waals surface area (Å²) in [5.74, 6) is 0. The van der Waals surface area contributed by atoms with E-state index in [9.17, 15) is 0 Å². The summed E-state index contributed by atoms with van der Waals surface area (Å²) in [5, 5.41) is 5.08. The van der Waals surface area contributed by atoms with Crippen LogP contribution in [0.4, 0.5) is 0 Å². The number of aromatic nitrogens is 1. The van der Waals surface area contributed by atoms with Crippen molar-refractivity contribution in [3.05, 3.63) is 187 Å². The van der Waals surface area contributed by atoms with Crippen molar-refractivity contribution in [2.24, 2.45) is 0 Å². The fourth-order valence-corrected chi connectivity index (χ4v) is 8.33. The highest BCUT2D eigenvalue weighted by Crippen LogP contribution is 2.51. The molecule has 0 bridgehead atoms. The first-order chi connectivity index (χ1) is 24.5. The Morgan fingerprint density at radius 3 is 1.48 bits per heavy atom. The molecule has 1 heteroatoms. The van der Waals surface area contributed by atoms with Crippen LogP contribution in [0.1, 0.15) is 25.0 Å². The number of hydrogen-bond acceptors (Lipinski definition) is 0. The number of nitrogens with zero attached hydrogens (tertiary/aromatic N) is 1. The predicted octanol–water partition coefficient (Wildman–Crippen LogP) is 13.2. The van der Waals surface area contributed by atoms with Crippen LogP contribution in [0.3, 0.4) is 0 Å². The second kappa shape index (κ2) is 10.9. The largest absolute Gasteiger partial charge is 0.309 e. The Morgan fingerprint density at radius 1 is 0.360 bits per heavy atom. The van der Waals surface area contributed by atoms with Gasteiger partial charge in [0.1, 0.15) is 0 Å². The van der Waals surface area contributed by atoms with Crippen LogP contribution in [0.5, 0.6) is 0 Å². The Morgan fingerprint density at radius 2 is 0.840 bits per heavy atom. The molecular formula is C49H35N. The van der Waals surface area contributed by atoms with E-state index in [2.05, 4.69) is 194 Å². The van der Waals surface area contributed by atoms with Gasteiger partial charge < -0.3 is 4.57 Å². The first-order valence-electron chi connectivity index (χ1n) is 17.5. The highest BCUT2D eigenvalue weighted by molar-refractivity contribution is 6.11. The maximum Gasteiger partial charge on any atom is 0.0541 e. The smallest absolute Gasteiger partial charge is 0.0541 e. The molecule has 0 radical (unpaired) electrons. The van der Waals surface area contributed by atoms with Gasteiger partial charge >= 0.3 is 0 Å². The maximum absolute atomic E-state index is 2.47. The maximum atomic E-state index is 2.47. The minimum atomic E-state index is -0.146. The van der Waals surface area contributed by atoms with Gasteiger partial charge in [-0.1, -0.05) is 141 Å². The summed E-state index contributed by atoms with van der Waals surface area (Å²) in [6.45, 7) is 4.77. The Bertz CT molecular complexity index is 2670. The third-order valence-electron chi connectivity index (χ3n) is 11.0. The van der Waals surface area contributed by atoms with E-state index in [4.69, 9.17) is 0 Å². The molecule has 0 N–H and O–H groups in total. The van der Waals surface area contributed by atoms with Gasteiger partial charge in [-0.25, -0.2) is 0 Å². The molecule has 236 valence electrons. The molecule has 1 heterocycles. The topological polar surface area (TPSA) is 4.93 Å². The fraction of sp³-hybridized carbons (Fsp3) is 0.0612. The molecule has 1 aliphatic rings. The van der Waals surface area contributed by atoms with Crippen molar-refractivity contribution in [2.45, 2.75) is 19.3 Å². The molecule has 0 aliphatic heterocycles. The van der Waals surface area contributed by atoms with Gasteiger partial charge in [-0.2, -0.15) is 0 Å². The third kappa shape index (κ3) is 4.40. The number of benzene rings is 8. The second-order valence-corrected chi connectivity index (χ2v) is 14.2. The van der Waals surface area contributed by atoms with Gasteiger partial charge in [0.2, 0.25) is 0 Å². The van der Waals surface area contributed by atoms with Gasteiger partial charge in [-0.05, 0) is 115 Å². The van der Waals surface area contributed by atoms with Crippen LogP contribution < -0.4 is 0 Å². The van der Waals surface area contributed by atoms with Gasteiger partial charge in [-0.15, -0.1) is 0 Å². The van der Waals surface area contributed by atoms with Crippen LogP contribution in [0, 0.1) is 0 Å². The lowest BCUT2D eigenvalue weighted by Gasteiger charge is -2.23. The monoisotopic (exact) mass is 637 g/mol. The molecule has 0 saturated heterocycles. The van der Waals surface area contributed by atoms with E-state index >= 15 is 0 Å². The molecule has 0 atom stereocenters. The minimum absolute atomic E-state index is 0.146. The average Bonchev–Trinajstić information content (AvgIpc) is 3.62. The standard InChI is InChI=1S/C49H35N/c1-49(2)45-30-39(36-18-17-34-15-9-10-16-35(34)27-36)19-23-41(45)42-24-22-40(31-46(42)49)50-47-25-20-37(32-11-5-3-6-12-32)28-43(47)44-29-38(21-26-48(44)50)33-13-7-4-8-14-33/h3-31H,1-2H3. The fourth-order valence-electron chi connectivity index (χ4n) is 8.33. The molecule has 1 aliphatic carbocycles. The molecule has 1 aromatic heterocycles. The van der Waals surface area contributed by atoms with Crippen LogP contribution in [-0.2, 0) is 5.41 Å². The Labute approximate surface area is 292 Å². The van der Waals surface area contributed by atoms with E-state index in [1.165, 1.54) is 93.9 Å². The summed E-state index contributed by atoms with van der Waals surface area (Å²) in [6, 6.07) is 64.9. The normalized spacial score (nSPS) is 13.2.